The molecule has 0 atom stereocenters. The average Bonchev–Trinajstić information content (AvgIpc) is 2.97. The van der Waals surface area contributed by atoms with Crippen LogP contribution in [0.25, 0.3) is 0 Å². The molecular weight excluding hydrogens is 317 g/mol. The van der Waals surface area contributed by atoms with E-state index in [1.807, 2.05) is 0 Å². The van der Waals surface area contributed by atoms with Gasteiger partial charge in [0.2, 0.25) is 0 Å². The predicted octanol–water partition coefficient (Wildman–Crippen LogP) is 5.99. The molecule has 1 N–H and O–H groups in total. The van der Waals surface area contributed by atoms with E-state index in [0.717, 1.165) is 12.8 Å². The van der Waals surface area contributed by atoms with Crippen molar-refractivity contribution >= 4 is 5.97 Å². The van der Waals surface area contributed by atoms with Crippen molar-refractivity contribution in [3.05, 3.63) is 23.3 Å². The first-order valence-corrected chi connectivity index (χ1v) is 9.73. The van der Waals surface area contributed by atoms with E-state index in [4.69, 9.17) is 4.74 Å². The summed E-state index contributed by atoms with van der Waals surface area (Å²) in [4.78, 5) is 14.2. The van der Waals surface area contributed by atoms with Crippen molar-refractivity contribution in [3.63, 3.8) is 0 Å². The van der Waals surface area contributed by atoms with Gasteiger partial charge in [0, 0.05) is 12.5 Å². The van der Waals surface area contributed by atoms with E-state index in [0.29, 0.717) is 5.69 Å². The Kier molecular flexibility index (Phi) is 11.5. The van der Waals surface area contributed by atoms with Gasteiger partial charge in [-0.2, -0.15) is 0 Å². The number of esters is 1. The van der Waals surface area contributed by atoms with E-state index in [-0.39, 0.29) is 12.3 Å². The Balaban J connectivity index is 2.13. The number of carbonyl (C=O) groups excluding carboxylic acids is 1. The number of ether oxygens (including phenoxy) is 1. The van der Waals surface area contributed by atoms with E-state index in [1.54, 1.807) is 6.92 Å². The van der Waals surface area contributed by atoms with Crippen LogP contribution in [0.2, 0.25) is 0 Å². The molecule has 1 heterocycles. The number of hydrogen-bond acceptors (Lipinski definition) is 2. The number of nitrogens with one attached hydrogen (secondary N) is 1. The molecule has 1 rings (SSSR count). The average molecular weight is 349 g/mol. The van der Waals surface area contributed by atoms with Gasteiger partial charge in [0.1, 0.15) is 0 Å². The number of aromatic nitrogens is 1. The lowest BCUT2D eigenvalue weighted by Crippen LogP contribution is -2.06. The number of carbonyl (C=O) groups is 1. The highest BCUT2D eigenvalue weighted by molar-refractivity contribution is 5.88. The number of H-pyrrole nitrogens is 1. The Bertz CT molecular complexity index is 554. The van der Waals surface area contributed by atoms with E-state index < -0.39 is 11.8 Å². The van der Waals surface area contributed by atoms with Crippen LogP contribution in [0.15, 0.2) is 6.07 Å². The molecule has 140 valence electrons. The standard InChI is InChI=1S/C21H32FNO2/c1-3-5-6-7-8-9-10-11-12-13-14-15-16-18-17-19(22)20(23-18)21(24)25-4-2/h17,23H,3-14H2,1-2H3. The molecule has 0 aliphatic carbocycles. The van der Waals surface area contributed by atoms with Crippen molar-refractivity contribution in [2.24, 2.45) is 0 Å². The summed E-state index contributed by atoms with van der Waals surface area (Å²) in [5, 5.41) is 0. The van der Waals surface area contributed by atoms with E-state index in [2.05, 4.69) is 23.7 Å². The molecule has 0 amide bonds. The summed E-state index contributed by atoms with van der Waals surface area (Å²) in [5.41, 5.74) is 0.276. The van der Waals surface area contributed by atoms with Crippen LogP contribution in [0.5, 0.6) is 0 Å². The van der Waals surface area contributed by atoms with E-state index in [1.165, 1.54) is 63.9 Å². The maximum Gasteiger partial charge on any atom is 0.357 e. The maximum absolute atomic E-state index is 13.6. The lowest BCUT2D eigenvalue weighted by atomic mass is 10.1. The first-order chi connectivity index (χ1) is 12.2. The van der Waals surface area contributed by atoms with Crippen molar-refractivity contribution in [2.75, 3.05) is 6.61 Å². The van der Waals surface area contributed by atoms with Gasteiger partial charge < -0.3 is 9.72 Å². The molecule has 4 heteroatoms. The Hall–Kier alpha value is -1.76. The molecule has 0 bridgehead atoms. The summed E-state index contributed by atoms with van der Waals surface area (Å²) in [5.74, 6) is 4.63. The SMILES string of the molecule is CCCCCCCCCCCCC#Cc1cc(F)c(C(=O)OCC)[nH]1. The summed E-state index contributed by atoms with van der Waals surface area (Å²) < 4.78 is 18.4. The topological polar surface area (TPSA) is 42.1 Å². The van der Waals surface area contributed by atoms with Gasteiger partial charge in [-0.05, 0) is 19.3 Å². The summed E-state index contributed by atoms with van der Waals surface area (Å²) in [6.45, 7) is 4.15. The van der Waals surface area contributed by atoms with Gasteiger partial charge in [0.05, 0.1) is 12.3 Å². The van der Waals surface area contributed by atoms with Gasteiger partial charge in [0.25, 0.3) is 0 Å². The molecule has 0 aliphatic heterocycles. The van der Waals surface area contributed by atoms with Gasteiger partial charge in [-0.1, -0.05) is 70.6 Å². The molecule has 0 radical (unpaired) electrons. The fourth-order valence-electron chi connectivity index (χ4n) is 2.71. The molecule has 0 saturated carbocycles. The van der Waals surface area contributed by atoms with Crippen molar-refractivity contribution in [3.8, 4) is 11.8 Å². The van der Waals surface area contributed by atoms with Crippen molar-refractivity contribution in [1.82, 2.24) is 4.98 Å². The number of halogens is 1. The summed E-state index contributed by atoms with van der Waals surface area (Å²) in [6.07, 6.45) is 13.8. The number of rotatable bonds is 12. The van der Waals surface area contributed by atoms with Crippen LogP contribution >= 0.6 is 0 Å². The number of unbranched alkanes of at least 4 members (excludes halogenated alkanes) is 10. The first kappa shape index (κ1) is 21.3. The van der Waals surface area contributed by atoms with E-state index in [9.17, 15) is 9.18 Å². The third-order valence-electron chi connectivity index (χ3n) is 4.13. The minimum absolute atomic E-state index is 0.148. The van der Waals surface area contributed by atoms with Crippen LogP contribution in [0.3, 0.4) is 0 Å². The molecule has 0 aromatic carbocycles. The minimum Gasteiger partial charge on any atom is -0.461 e. The highest BCUT2D eigenvalue weighted by atomic mass is 19.1. The Labute approximate surface area is 151 Å². The van der Waals surface area contributed by atoms with Gasteiger partial charge in [-0.25, -0.2) is 9.18 Å². The summed E-state index contributed by atoms with van der Waals surface area (Å²) in [7, 11) is 0. The third-order valence-corrected chi connectivity index (χ3v) is 4.13. The molecule has 1 aromatic rings. The molecule has 0 fully saturated rings. The molecule has 0 aliphatic rings. The fraction of sp³-hybridized carbons (Fsp3) is 0.667. The molecule has 1 aromatic heterocycles. The zero-order valence-corrected chi connectivity index (χ0v) is 15.8. The Morgan fingerprint density at radius 3 is 2.24 bits per heavy atom. The first-order valence-electron chi connectivity index (χ1n) is 9.73. The summed E-state index contributed by atoms with van der Waals surface area (Å²) in [6, 6.07) is 1.25. The van der Waals surface area contributed by atoms with Crippen molar-refractivity contribution in [2.45, 2.75) is 84.5 Å². The van der Waals surface area contributed by atoms with Crippen LogP contribution < -0.4 is 0 Å². The van der Waals surface area contributed by atoms with Crippen LogP contribution in [-0.4, -0.2) is 17.6 Å². The second-order valence-electron chi connectivity index (χ2n) is 6.36. The van der Waals surface area contributed by atoms with Crippen LogP contribution in [-0.2, 0) is 4.74 Å². The largest absolute Gasteiger partial charge is 0.461 e. The van der Waals surface area contributed by atoms with Gasteiger partial charge in [0.15, 0.2) is 11.5 Å². The zero-order valence-electron chi connectivity index (χ0n) is 15.8. The molecule has 0 unspecified atom stereocenters. The third kappa shape index (κ3) is 9.34. The molecule has 0 spiro atoms. The van der Waals surface area contributed by atoms with Gasteiger partial charge in [-0.15, -0.1) is 0 Å². The van der Waals surface area contributed by atoms with Crippen LogP contribution in [0, 0.1) is 17.7 Å². The monoisotopic (exact) mass is 349 g/mol. The maximum atomic E-state index is 13.6. The van der Waals surface area contributed by atoms with Crippen LogP contribution in [0.1, 0.15) is 101 Å². The molecule has 0 saturated heterocycles. The predicted molar refractivity (Wildman–Crippen MR) is 100 cm³/mol. The zero-order chi connectivity index (χ0) is 18.3. The molecule has 3 nitrogen and oxygen atoms in total. The smallest absolute Gasteiger partial charge is 0.357 e. The second-order valence-corrected chi connectivity index (χ2v) is 6.36. The minimum atomic E-state index is -0.678. The second kappa shape index (κ2) is 13.5. The van der Waals surface area contributed by atoms with Crippen molar-refractivity contribution < 1.29 is 13.9 Å². The molecule has 25 heavy (non-hydrogen) atoms. The Morgan fingerprint density at radius 2 is 1.64 bits per heavy atom. The number of aromatic amines is 1. The molecular formula is C21H32FNO2. The lowest BCUT2D eigenvalue weighted by Gasteiger charge is -2.00. The fourth-order valence-corrected chi connectivity index (χ4v) is 2.71. The highest BCUT2D eigenvalue weighted by Crippen LogP contribution is 2.12. The quantitative estimate of drug-likeness (QED) is 0.286. The van der Waals surface area contributed by atoms with Gasteiger partial charge >= 0.3 is 5.97 Å². The van der Waals surface area contributed by atoms with Crippen molar-refractivity contribution in [1.29, 1.82) is 0 Å². The van der Waals surface area contributed by atoms with E-state index >= 15 is 0 Å². The normalized spacial score (nSPS) is 10.4. The lowest BCUT2D eigenvalue weighted by molar-refractivity contribution is 0.0515. The Morgan fingerprint density at radius 1 is 1.04 bits per heavy atom. The highest BCUT2D eigenvalue weighted by Gasteiger charge is 2.15. The summed E-state index contributed by atoms with van der Waals surface area (Å²) >= 11 is 0. The van der Waals surface area contributed by atoms with Crippen LogP contribution in [0.4, 0.5) is 4.39 Å². The number of hydrogen-bond donors (Lipinski definition) is 1. The van der Waals surface area contributed by atoms with Gasteiger partial charge in [-0.3, -0.25) is 0 Å².